The summed E-state index contributed by atoms with van der Waals surface area (Å²) in [6.45, 7) is 2.36. The van der Waals surface area contributed by atoms with Crippen molar-refractivity contribution >= 4 is 17.8 Å². The molecule has 1 aliphatic heterocycles. The fraction of sp³-hybridized carbons (Fsp3) is 0.242. The van der Waals surface area contributed by atoms with E-state index in [0.717, 1.165) is 43.7 Å². The predicted molar refractivity (Wildman–Crippen MR) is 156 cm³/mol. The van der Waals surface area contributed by atoms with Gasteiger partial charge in [0.25, 0.3) is 6.73 Å². The van der Waals surface area contributed by atoms with E-state index in [-0.39, 0.29) is 19.4 Å². The summed E-state index contributed by atoms with van der Waals surface area (Å²) in [5, 5.41) is 15.2. The van der Waals surface area contributed by atoms with Crippen LogP contribution in [-0.2, 0) is 24.4 Å². The molecule has 1 aromatic heterocycles. The van der Waals surface area contributed by atoms with Crippen molar-refractivity contribution in [3.63, 3.8) is 0 Å². The van der Waals surface area contributed by atoms with Crippen LogP contribution in [0, 0.1) is 0 Å². The van der Waals surface area contributed by atoms with Crippen molar-refractivity contribution < 1.29 is 23.9 Å². The van der Waals surface area contributed by atoms with Crippen LogP contribution in [0.5, 0.6) is 5.75 Å². The monoisotopic (exact) mass is 550 g/mol. The van der Waals surface area contributed by atoms with Crippen LogP contribution in [-0.4, -0.2) is 36.7 Å². The number of amidine groups is 1. The maximum atomic E-state index is 12.4. The molecule has 2 heterocycles. The molecule has 8 heteroatoms. The topological polar surface area (TPSA) is 90.1 Å². The highest BCUT2D eigenvalue weighted by molar-refractivity contribution is 5.85. The average Bonchev–Trinajstić information content (AvgIpc) is 3.56. The molecule has 4 aromatic rings. The molecule has 1 fully saturated rings. The van der Waals surface area contributed by atoms with Gasteiger partial charge in [0.05, 0.1) is 19.2 Å². The van der Waals surface area contributed by atoms with Gasteiger partial charge in [0.2, 0.25) is 0 Å². The van der Waals surface area contributed by atoms with Gasteiger partial charge in [-0.15, -0.1) is 0 Å². The molecular weight excluding hydrogens is 516 g/mol. The van der Waals surface area contributed by atoms with E-state index < -0.39 is 6.02 Å². The highest BCUT2D eigenvalue weighted by atomic mass is 16.6. The zero-order valence-corrected chi connectivity index (χ0v) is 22.9. The molecule has 5 rings (SSSR count). The van der Waals surface area contributed by atoms with Crippen LogP contribution < -0.4 is 19.7 Å². The first-order valence-corrected chi connectivity index (χ1v) is 13.9. The SMILES string of the molecule is O=C(OC[n+]1cccc(CN=C([O-])Nc2ccc(OCCc3ccccc3-c3ccccc3)cc2)c1)N1CCCC1. The fourth-order valence-electron chi connectivity index (χ4n) is 4.75. The average molecular weight is 551 g/mol. The van der Waals surface area contributed by atoms with Gasteiger partial charge in [0.15, 0.2) is 12.4 Å². The molecule has 0 radical (unpaired) electrons. The lowest BCUT2D eigenvalue weighted by Gasteiger charge is -2.15. The van der Waals surface area contributed by atoms with Gasteiger partial charge in [0.1, 0.15) is 5.75 Å². The quantitative estimate of drug-likeness (QED) is 0.174. The number of likely N-dealkylation sites (tertiary alicyclic amines) is 1. The molecule has 1 amide bonds. The van der Waals surface area contributed by atoms with Gasteiger partial charge in [-0.1, -0.05) is 54.6 Å². The van der Waals surface area contributed by atoms with Crippen LogP contribution in [0.2, 0.25) is 0 Å². The molecule has 1 saturated heterocycles. The van der Waals surface area contributed by atoms with Gasteiger partial charge >= 0.3 is 6.09 Å². The Balaban J connectivity index is 1.08. The first kappa shape index (κ1) is 27.7. The Labute approximate surface area is 240 Å². The Morgan fingerprint density at radius 3 is 2.49 bits per heavy atom. The largest absolute Gasteiger partial charge is 0.846 e. The smallest absolute Gasteiger partial charge is 0.414 e. The molecule has 1 aliphatic rings. The van der Waals surface area contributed by atoms with Crippen LogP contribution in [0.4, 0.5) is 10.5 Å². The minimum Gasteiger partial charge on any atom is -0.846 e. The lowest BCUT2D eigenvalue weighted by Crippen LogP contribution is -2.39. The summed E-state index contributed by atoms with van der Waals surface area (Å²) >= 11 is 0. The summed E-state index contributed by atoms with van der Waals surface area (Å²) in [6, 6.07) is 29.3. The number of nitrogens with one attached hydrogen (secondary N) is 1. The molecule has 0 unspecified atom stereocenters. The number of carbonyl (C=O) groups is 1. The molecular formula is C33H34N4O4. The Morgan fingerprint density at radius 2 is 1.68 bits per heavy atom. The van der Waals surface area contributed by atoms with Crippen LogP contribution in [0.15, 0.2) is 108 Å². The van der Waals surface area contributed by atoms with Crippen molar-refractivity contribution in [3.05, 3.63) is 115 Å². The molecule has 210 valence electrons. The summed E-state index contributed by atoms with van der Waals surface area (Å²) in [5.41, 5.74) is 5.11. The molecule has 0 spiro atoms. The lowest BCUT2D eigenvalue weighted by molar-refractivity contribution is -0.727. The Morgan fingerprint density at radius 1 is 0.927 bits per heavy atom. The zero-order valence-electron chi connectivity index (χ0n) is 22.9. The van der Waals surface area contributed by atoms with E-state index in [1.807, 2.05) is 60.9 Å². The number of amides is 1. The third-order valence-corrected chi connectivity index (χ3v) is 6.87. The lowest BCUT2D eigenvalue weighted by atomic mass is 9.98. The second kappa shape index (κ2) is 14.0. The third kappa shape index (κ3) is 8.08. The first-order valence-electron chi connectivity index (χ1n) is 13.9. The number of pyridine rings is 1. The van der Waals surface area contributed by atoms with E-state index in [9.17, 15) is 9.90 Å². The number of ether oxygens (including phenoxy) is 2. The van der Waals surface area contributed by atoms with E-state index in [1.165, 1.54) is 16.7 Å². The Kier molecular flexibility index (Phi) is 9.45. The van der Waals surface area contributed by atoms with E-state index in [2.05, 4.69) is 40.6 Å². The molecule has 8 nitrogen and oxygen atoms in total. The molecule has 0 aliphatic carbocycles. The maximum Gasteiger partial charge on any atom is 0.414 e. The van der Waals surface area contributed by atoms with Crippen molar-refractivity contribution in [1.29, 1.82) is 0 Å². The summed E-state index contributed by atoms with van der Waals surface area (Å²) in [4.78, 5) is 17.9. The highest BCUT2D eigenvalue weighted by Gasteiger charge is 2.20. The number of hydrogen-bond acceptors (Lipinski definition) is 5. The minimum atomic E-state index is -0.438. The van der Waals surface area contributed by atoms with Crippen molar-refractivity contribution in [2.45, 2.75) is 32.5 Å². The predicted octanol–water partition coefficient (Wildman–Crippen LogP) is 4.78. The minimum absolute atomic E-state index is 0.114. The number of anilines is 1. The van der Waals surface area contributed by atoms with Gasteiger partial charge in [-0.2, -0.15) is 4.57 Å². The molecule has 3 aromatic carbocycles. The van der Waals surface area contributed by atoms with E-state index in [4.69, 9.17) is 9.47 Å². The molecule has 0 saturated carbocycles. The molecule has 0 atom stereocenters. The second-order valence-electron chi connectivity index (χ2n) is 9.85. The first-order chi connectivity index (χ1) is 20.1. The van der Waals surface area contributed by atoms with Gasteiger partial charge in [-0.05, 0) is 59.9 Å². The van der Waals surface area contributed by atoms with Gasteiger partial charge in [-0.3, -0.25) is 4.99 Å². The van der Waals surface area contributed by atoms with Gasteiger partial charge in [-0.25, -0.2) is 4.79 Å². The number of aliphatic imine (C=N–C) groups is 1. The number of aromatic nitrogens is 1. The molecule has 0 bridgehead atoms. The number of rotatable bonds is 10. The summed E-state index contributed by atoms with van der Waals surface area (Å²) in [6.07, 6.45) is 6.15. The normalized spacial score (nSPS) is 13.2. The van der Waals surface area contributed by atoms with Crippen LogP contribution in [0.3, 0.4) is 0 Å². The molecule has 1 N–H and O–H groups in total. The summed E-state index contributed by atoms with van der Waals surface area (Å²) in [7, 11) is 0. The zero-order chi connectivity index (χ0) is 28.3. The van der Waals surface area contributed by atoms with E-state index in [0.29, 0.717) is 12.3 Å². The van der Waals surface area contributed by atoms with Crippen LogP contribution in [0.1, 0.15) is 24.0 Å². The third-order valence-electron chi connectivity index (χ3n) is 6.87. The number of nitrogens with zero attached hydrogens (tertiary/aromatic N) is 3. The highest BCUT2D eigenvalue weighted by Crippen LogP contribution is 2.24. The van der Waals surface area contributed by atoms with Gasteiger partial charge in [0, 0.05) is 36.8 Å². The fourth-order valence-corrected chi connectivity index (χ4v) is 4.75. The molecule has 41 heavy (non-hydrogen) atoms. The standard InChI is InChI=1S/C33H34N4O4/c38-32(34-23-26-9-8-19-36(24-26)25-41-33(39)37-20-6-7-21-37)35-29-14-16-30(17-15-29)40-22-18-28-12-4-5-13-31(28)27-10-2-1-3-11-27/h1-5,8-17,19,24H,6-7,18,20-23,25H2,(H-,34,35,38). The van der Waals surface area contributed by atoms with Crippen LogP contribution >= 0.6 is 0 Å². The summed E-state index contributed by atoms with van der Waals surface area (Å²) in [5.74, 6) is 0.733. The van der Waals surface area contributed by atoms with E-state index in [1.54, 1.807) is 21.6 Å². The number of hydrogen-bond donors (Lipinski definition) is 1. The Hall–Kier alpha value is -4.85. The van der Waals surface area contributed by atoms with Crippen molar-refractivity contribution in [2.75, 3.05) is 25.0 Å². The van der Waals surface area contributed by atoms with Crippen molar-refractivity contribution in [2.24, 2.45) is 4.99 Å². The Bertz CT molecular complexity index is 1450. The number of carbonyl (C=O) groups excluding carboxylic acids is 1. The maximum absolute atomic E-state index is 12.4. The van der Waals surface area contributed by atoms with Crippen molar-refractivity contribution in [3.8, 4) is 16.9 Å². The van der Waals surface area contributed by atoms with Crippen molar-refractivity contribution in [1.82, 2.24) is 4.90 Å². The second-order valence-corrected chi connectivity index (χ2v) is 9.85. The van der Waals surface area contributed by atoms with E-state index >= 15 is 0 Å². The summed E-state index contributed by atoms with van der Waals surface area (Å²) < 4.78 is 13.1. The number of benzene rings is 3. The van der Waals surface area contributed by atoms with Gasteiger partial charge < -0.3 is 24.8 Å². The van der Waals surface area contributed by atoms with Crippen LogP contribution in [0.25, 0.3) is 11.1 Å².